The minimum absolute atomic E-state index is 0.0879. The summed E-state index contributed by atoms with van der Waals surface area (Å²) in [7, 11) is 1.77. The van der Waals surface area contributed by atoms with Gasteiger partial charge in [-0.2, -0.15) is 5.10 Å². The van der Waals surface area contributed by atoms with E-state index in [4.69, 9.17) is 11.6 Å². The molecule has 0 N–H and O–H groups in total. The van der Waals surface area contributed by atoms with Crippen molar-refractivity contribution < 1.29 is 9.18 Å². The van der Waals surface area contributed by atoms with Crippen LogP contribution in [0.25, 0.3) is 0 Å². The minimum atomic E-state index is -0.342. The number of rotatable bonds is 4. The SMILES string of the molecule is CCc1nn(C)c(CC(=O)c2ccc(F)cc2C)c1Cl. The average Bonchev–Trinajstić information content (AvgIpc) is 2.66. The summed E-state index contributed by atoms with van der Waals surface area (Å²) in [4.78, 5) is 12.3. The molecule has 20 heavy (non-hydrogen) atoms. The number of aromatic nitrogens is 2. The van der Waals surface area contributed by atoms with E-state index in [9.17, 15) is 9.18 Å². The van der Waals surface area contributed by atoms with E-state index < -0.39 is 0 Å². The van der Waals surface area contributed by atoms with Gasteiger partial charge in [-0.05, 0) is 37.1 Å². The van der Waals surface area contributed by atoms with E-state index >= 15 is 0 Å². The van der Waals surface area contributed by atoms with Crippen LogP contribution in [0.4, 0.5) is 4.39 Å². The highest BCUT2D eigenvalue weighted by molar-refractivity contribution is 6.32. The van der Waals surface area contributed by atoms with Crippen molar-refractivity contribution in [3.8, 4) is 0 Å². The van der Waals surface area contributed by atoms with Crippen LogP contribution in [0.1, 0.15) is 34.2 Å². The second-order valence-corrected chi connectivity index (χ2v) is 5.12. The standard InChI is InChI=1S/C15H16ClFN2O/c1-4-12-15(16)13(19(3)18-12)8-14(20)11-6-5-10(17)7-9(11)2/h5-7H,4,8H2,1-3H3. The second kappa shape index (κ2) is 5.75. The highest BCUT2D eigenvalue weighted by Crippen LogP contribution is 2.23. The Hall–Kier alpha value is -1.68. The Morgan fingerprint density at radius 3 is 2.70 bits per heavy atom. The number of carbonyl (C=O) groups is 1. The zero-order chi connectivity index (χ0) is 14.9. The summed E-state index contributed by atoms with van der Waals surface area (Å²) in [5.74, 6) is -0.430. The fourth-order valence-electron chi connectivity index (χ4n) is 2.20. The van der Waals surface area contributed by atoms with E-state index in [1.165, 1.54) is 18.2 Å². The molecule has 0 spiro atoms. The van der Waals surface area contributed by atoms with Gasteiger partial charge in [-0.3, -0.25) is 9.48 Å². The average molecular weight is 295 g/mol. The molecule has 0 radical (unpaired) electrons. The Balaban J connectivity index is 2.30. The molecule has 0 aliphatic carbocycles. The highest BCUT2D eigenvalue weighted by Gasteiger charge is 2.18. The van der Waals surface area contributed by atoms with Crippen LogP contribution in [-0.2, 0) is 19.9 Å². The van der Waals surface area contributed by atoms with E-state index in [0.717, 1.165) is 12.1 Å². The number of carbonyl (C=O) groups excluding carboxylic acids is 1. The van der Waals surface area contributed by atoms with Crippen LogP contribution < -0.4 is 0 Å². The molecule has 5 heteroatoms. The molecular formula is C15H16ClFN2O. The normalized spacial score (nSPS) is 10.8. The molecule has 0 aliphatic heterocycles. The Morgan fingerprint density at radius 1 is 1.45 bits per heavy atom. The number of nitrogens with zero attached hydrogens (tertiary/aromatic N) is 2. The van der Waals surface area contributed by atoms with Gasteiger partial charge in [0.05, 0.1) is 22.8 Å². The van der Waals surface area contributed by atoms with Crippen LogP contribution in [0, 0.1) is 12.7 Å². The zero-order valence-corrected chi connectivity index (χ0v) is 12.5. The zero-order valence-electron chi connectivity index (χ0n) is 11.7. The summed E-state index contributed by atoms with van der Waals surface area (Å²) in [5, 5.41) is 4.83. The van der Waals surface area contributed by atoms with Gasteiger partial charge in [-0.1, -0.05) is 18.5 Å². The first-order valence-corrected chi connectivity index (χ1v) is 6.81. The van der Waals surface area contributed by atoms with Gasteiger partial charge in [0, 0.05) is 12.6 Å². The summed E-state index contributed by atoms with van der Waals surface area (Å²) in [6.07, 6.45) is 0.880. The van der Waals surface area contributed by atoms with Gasteiger partial charge < -0.3 is 0 Å². The van der Waals surface area contributed by atoms with Gasteiger partial charge in [0.25, 0.3) is 0 Å². The molecule has 2 rings (SSSR count). The predicted octanol–water partition coefficient (Wildman–Crippen LogP) is 3.51. The molecule has 0 atom stereocenters. The highest BCUT2D eigenvalue weighted by atomic mass is 35.5. The number of hydrogen-bond donors (Lipinski definition) is 0. The first-order valence-electron chi connectivity index (χ1n) is 6.43. The third-order valence-corrected chi connectivity index (χ3v) is 3.76. The number of ketones is 1. The van der Waals surface area contributed by atoms with Gasteiger partial charge >= 0.3 is 0 Å². The number of hydrogen-bond acceptors (Lipinski definition) is 2. The maximum atomic E-state index is 13.1. The summed E-state index contributed by atoms with van der Waals surface area (Å²) < 4.78 is 14.7. The molecule has 0 aliphatic rings. The van der Waals surface area contributed by atoms with Crippen molar-refractivity contribution in [3.63, 3.8) is 0 Å². The van der Waals surface area contributed by atoms with E-state index in [2.05, 4.69) is 5.10 Å². The van der Waals surface area contributed by atoms with Gasteiger partial charge in [0.15, 0.2) is 5.78 Å². The topological polar surface area (TPSA) is 34.9 Å². The molecule has 0 saturated heterocycles. The first kappa shape index (κ1) is 14.7. The van der Waals surface area contributed by atoms with Crippen molar-refractivity contribution in [1.82, 2.24) is 9.78 Å². The summed E-state index contributed by atoms with van der Waals surface area (Å²) in [6.45, 7) is 3.68. The molecule has 106 valence electrons. The van der Waals surface area contributed by atoms with Crippen LogP contribution in [-0.4, -0.2) is 15.6 Å². The monoisotopic (exact) mass is 294 g/mol. The molecule has 0 bridgehead atoms. The van der Waals surface area contributed by atoms with Crippen LogP contribution in [0.2, 0.25) is 5.02 Å². The van der Waals surface area contributed by atoms with Gasteiger partial charge in [0.2, 0.25) is 0 Å². The van der Waals surface area contributed by atoms with Crippen molar-refractivity contribution >= 4 is 17.4 Å². The molecule has 1 heterocycles. The molecule has 0 amide bonds. The number of aryl methyl sites for hydroxylation is 3. The largest absolute Gasteiger partial charge is 0.294 e. The van der Waals surface area contributed by atoms with Crippen LogP contribution >= 0.6 is 11.6 Å². The molecule has 0 unspecified atom stereocenters. The summed E-state index contributed by atoms with van der Waals surface area (Å²) >= 11 is 6.23. The molecule has 1 aromatic carbocycles. The summed E-state index contributed by atoms with van der Waals surface area (Å²) in [6, 6.07) is 4.16. The van der Waals surface area contributed by atoms with Crippen molar-refractivity contribution in [3.05, 3.63) is 51.6 Å². The Bertz CT molecular complexity index is 664. The molecular weight excluding hydrogens is 279 g/mol. The molecule has 1 aromatic heterocycles. The number of benzene rings is 1. The van der Waals surface area contributed by atoms with E-state index in [1.54, 1.807) is 18.7 Å². The quantitative estimate of drug-likeness (QED) is 0.809. The van der Waals surface area contributed by atoms with Crippen LogP contribution in [0.3, 0.4) is 0 Å². The lowest BCUT2D eigenvalue weighted by molar-refractivity contribution is 0.0990. The van der Waals surface area contributed by atoms with Gasteiger partial charge in [-0.15, -0.1) is 0 Å². The molecule has 2 aromatic rings. The Labute approximate surface area is 122 Å². The summed E-state index contributed by atoms with van der Waals surface area (Å²) in [5.41, 5.74) is 2.62. The van der Waals surface area contributed by atoms with Crippen molar-refractivity contribution in [2.24, 2.45) is 7.05 Å². The second-order valence-electron chi connectivity index (χ2n) is 4.74. The fourth-order valence-corrected chi connectivity index (χ4v) is 2.56. The lowest BCUT2D eigenvalue weighted by atomic mass is 10.0. The third kappa shape index (κ3) is 2.75. The van der Waals surface area contributed by atoms with E-state index in [-0.39, 0.29) is 18.0 Å². The fraction of sp³-hybridized carbons (Fsp3) is 0.333. The number of Topliss-reactive ketones (excluding diaryl/α,β-unsaturated/α-hetero) is 1. The van der Waals surface area contributed by atoms with Crippen molar-refractivity contribution in [1.29, 1.82) is 0 Å². The Kier molecular flexibility index (Phi) is 4.23. The Morgan fingerprint density at radius 2 is 2.15 bits per heavy atom. The van der Waals surface area contributed by atoms with E-state index in [0.29, 0.717) is 21.8 Å². The van der Waals surface area contributed by atoms with E-state index in [1.807, 2.05) is 6.92 Å². The van der Waals surface area contributed by atoms with Crippen LogP contribution in [0.5, 0.6) is 0 Å². The van der Waals surface area contributed by atoms with Crippen molar-refractivity contribution in [2.75, 3.05) is 0 Å². The van der Waals surface area contributed by atoms with Gasteiger partial charge in [-0.25, -0.2) is 4.39 Å². The molecule has 0 fully saturated rings. The molecule has 3 nitrogen and oxygen atoms in total. The minimum Gasteiger partial charge on any atom is -0.294 e. The van der Waals surface area contributed by atoms with Crippen molar-refractivity contribution in [2.45, 2.75) is 26.7 Å². The first-order chi connectivity index (χ1) is 9.43. The third-order valence-electron chi connectivity index (χ3n) is 3.32. The number of halogens is 2. The maximum absolute atomic E-state index is 13.1. The predicted molar refractivity (Wildman–Crippen MR) is 76.8 cm³/mol. The lowest BCUT2D eigenvalue weighted by Crippen LogP contribution is -2.10. The van der Waals surface area contributed by atoms with Crippen LogP contribution in [0.15, 0.2) is 18.2 Å². The maximum Gasteiger partial charge on any atom is 0.169 e. The molecule has 0 saturated carbocycles. The smallest absolute Gasteiger partial charge is 0.169 e. The lowest BCUT2D eigenvalue weighted by Gasteiger charge is -2.06. The van der Waals surface area contributed by atoms with Gasteiger partial charge in [0.1, 0.15) is 5.82 Å².